The Morgan fingerprint density at radius 1 is 1.05 bits per heavy atom. The van der Waals surface area contributed by atoms with Crippen LogP contribution in [0.3, 0.4) is 0 Å². The van der Waals surface area contributed by atoms with E-state index in [1.54, 1.807) is 12.1 Å². The number of hydrogen-bond donors (Lipinski definition) is 3. The molecule has 2 rings (SSSR count). The smallest absolute Gasteiger partial charge is 0.191 e. The second-order valence-electron chi connectivity index (χ2n) is 5.21. The predicted octanol–water partition coefficient (Wildman–Crippen LogP) is 2.96. The Hall–Kier alpha value is -2.49. The van der Waals surface area contributed by atoms with Crippen LogP contribution in [0.4, 0.5) is 0 Å². The summed E-state index contributed by atoms with van der Waals surface area (Å²) in [5, 5.41) is 16.0. The summed E-state index contributed by atoms with van der Waals surface area (Å²) < 4.78 is 0. The summed E-state index contributed by atoms with van der Waals surface area (Å²) in [5.41, 5.74) is 3.45. The highest BCUT2D eigenvalue weighted by molar-refractivity contribution is 5.79. The van der Waals surface area contributed by atoms with E-state index in [1.807, 2.05) is 25.1 Å². The fraction of sp³-hybridized carbons (Fsp3) is 0.278. The molecule has 0 unspecified atom stereocenters. The summed E-state index contributed by atoms with van der Waals surface area (Å²) in [6.45, 7) is 6.18. The van der Waals surface area contributed by atoms with Crippen molar-refractivity contribution in [3.05, 3.63) is 65.2 Å². The molecule has 116 valence electrons. The summed E-state index contributed by atoms with van der Waals surface area (Å²) in [4.78, 5) is 4.59. The van der Waals surface area contributed by atoms with Crippen molar-refractivity contribution in [1.82, 2.24) is 10.6 Å². The summed E-state index contributed by atoms with van der Waals surface area (Å²) in [7, 11) is 0. The summed E-state index contributed by atoms with van der Waals surface area (Å²) in [6, 6.07) is 15.6. The molecule has 0 spiro atoms. The first-order valence-corrected chi connectivity index (χ1v) is 7.53. The van der Waals surface area contributed by atoms with Gasteiger partial charge in [0.05, 0.1) is 6.54 Å². The first-order valence-electron chi connectivity index (χ1n) is 7.53. The summed E-state index contributed by atoms with van der Waals surface area (Å²) in [5.74, 6) is 1.05. The Kier molecular flexibility index (Phi) is 5.83. The number of nitrogens with zero attached hydrogens (tertiary/aromatic N) is 1. The number of aryl methyl sites for hydroxylation is 1. The van der Waals surface area contributed by atoms with Crippen molar-refractivity contribution in [2.75, 3.05) is 6.54 Å². The molecule has 0 aromatic heterocycles. The van der Waals surface area contributed by atoms with E-state index < -0.39 is 0 Å². The molecule has 3 N–H and O–H groups in total. The lowest BCUT2D eigenvalue weighted by atomic mass is 10.1. The molecule has 0 saturated carbocycles. The largest absolute Gasteiger partial charge is 0.508 e. The third-order valence-electron chi connectivity index (χ3n) is 3.22. The van der Waals surface area contributed by atoms with Gasteiger partial charge < -0.3 is 15.7 Å². The minimum Gasteiger partial charge on any atom is -0.508 e. The number of guanidine groups is 1. The van der Waals surface area contributed by atoms with Crippen LogP contribution in [0.25, 0.3) is 0 Å². The molecule has 0 heterocycles. The van der Waals surface area contributed by atoms with Gasteiger partial charge in [0.2, 0.25) is 0 Å². The molecular weight excluding hydrogens is 274 g/mol. The molecular formula is C18H23N3O. The zero-order chi connectivity index (χ0) is 15.8. The Bertz CT molecular complexity index is 638. The normalized spacial score (nSPS) is 11.3. The van der Waals surface area contributed by atoms with E-state index in [4.69, 9.17) is 0 Å². The molecule has 0 aliphatic heterocycles. The van der Waals surface area contributed by atoms with Crippen LogP contribution in [0.15, 0.2) is 53.5 Å². The first-order chi connectivity index (χ1) is 10.7. The molecule has 0 amide bonds. The lowest BCUT2D eigenvalue weighted by Gasteiger charge is -2.11. The van der Waals surface area contributed by atoms with Crippen LogP contribution in [-0.2, 0) is 13.1 Å². The highest BCUT2D eigenvalue weighted by Gasteiger charge is 1.99. The van der Waals surface area contributed by atoms with Gasteiger partial charge >= 0.3 is 0 Å². The Morgan fingerprint density at radius 3 is 2.55 bits per heavy atom. The summed E-state index contributed by atoms with van der Waals surface area (Å²) >= 11 is 0. The number of aromatic hydroxyl groups is 1. The van der Waals surface area contributed by atoms with E-state index in [-0.39, 0.29) is 5.75 Å². The number of benzene rings is 2. The maximum absolute atomic E-state index is 9.49. The van der Waals surface area contributed by atoms with Gasteiger partial charge in [-0.1, -0.05) is 42.0 Å². The maximum atomic E-state index is 9.49. The first kappa shape index (κ1) is 15.9. The quantitative estimate of drug-likeness (QED) is 0.587. The topological polar surface area (TPSA) is 56.7 Å². The van der Waals surface area contributed by atoms with Crippen molar-refractivity contribution in [3.63, 3.8) is 0 Å². The molecule has 22 heavy (non-hydrogen) atoms. The standard InChI is InChI=1S/C18H23N3O/c1-3-19-18(20-12-15-7-4-6-14(2)10-15)21-13-16-8-5-9-17(22)11-16/h4-11,22H,3,12-13H2,1-2H3,(H2,19,20,21). The molecule has 4 nitrogen and oxygen atoms in total. The van der Waals surface area contributed by atoms with Crippen LogP contribution < -0.4 is 10.6 Å². The Balaban J connectivity index is 1.98. The second-order valence-corrected chi connectivity index (χ2v) is 5.21. The highest BCUT2D eigenvalue weighted by Crippen LogP contribution is 2.10. The number of rotatable bonds is 5. The number of hydrogen-bond acceptors (Lipinski definition) is 2. The highest BCUT2D eigenvalue weighted by atomic mass is 16.3. The van der Waals surface area contributed by atoms with Crippen molar-refractivity contribution in [3.8, 4) is 5.75 Å². The van der Waals surface area contributed by atoms with Crippen LogP contribution in [0.5, 0.6) is 5.75 Å². The zero-order valence-corrected chi connectivity index (χ0v) is 13.1. The molecule has 0 radical (unpaired) electrons. The lowest BCUT2D eigenvalue weighted by Crippen LogP contribution is -2.36. The molecule has 0 aliphatic carbocycles. The molecule has 0 bridgehead atoms. The Labute approximate surface area is 131 Å². The predicted molar refractivity (Wildman–Crippen MR) is 90.9 cm³/mol. The molecule has 0 saturated heterocycles. The average molecular weight is 297 g/mol. The zero-order valence-electron chi connectivity index (χ0n) is 13.1. The van der Waals surface area contributed by atoms with E-state index in [9.17, 15) is 5.11 Å². The third-order valence-corrected chi connectivity index (χ3v) is 3.22. The van der Waals surface area contributed by atoms with Crippen molar-refractivity contribution in [2.45, 2.75) is 26.9 Å². The van der Waals surface area contributed by atoms with E-state index >= 15 is 0 Å². The van der Waals surface area contributed by atoms with Gasteiger partial charge in [-0.3, -0.25) is 0 Å². The minimum absolute atomic E-state index is 0.279. The molecule has 0 aliphatic rings. The second kappa shape index (κ2) is 8.08. The maximum Gasteiger partial charge on any atom is 0.191 e. The van der Waals surface area contributed by atoms with Crippen molar-refractivity contribution >= 4 is 5.96 Å². The minimum atomic E-state index is 0.279. The fourth-order valence-electron chi connectivity index (χ4n) is 2.17. The van der Waals surface area contributed by atoms with Gasteiger partial charge in [0, 0.05) is 13.1 Å². The lowest BCUT2D eigenvalue weighted by molar-refractivity contribution is 0.474. The third kappa shape index (κ3) is 5.13. The monoisotopic (exact) mass is 297 g/mol. The van der Waals surface area contributed by atoms with Gasteiger partial charge in [0.25, 0.3) is 0 Å². The summed E-state index contributed by atoms with van der Waals surface area (Å²) in [6.07, 6.45) is 0. The van der Waals surface area contributed by atoms with Crippen LogP contribution in [0.2, 0.25) is 0 Å². The van der Waals surface area contributed by atoms with Crippen LogP contribution in [0.1, 0.15) is 23.6 Å². The average Bonchev–Trinajstić information content (AvgIpc) is 2.50. The molecule has 0 atom stereocenters. The Morgan fingerprint density at radius 2 is 1.82 bits per heavy atom. The fourth-order valence-corrected chi connectivity index (χ4v) is 2.17. The van der Waals surface area contributed by atoms with Gasteiger partial charge in [0.1, 0.15) is 5.75 Å². The molecule has 2 aromatic rings. The van der Waals surface area contributed by atoms with E-state index in [2.05, 4.69) is 40.7 Å². The van der Waals surface area contributed by atoms with Crippen LogP contribution in [0, 0.1) is 6.92 Å². The van der Waals surface area contributed by atoms with E-state index in [0.717, 1.165) is 18.1 Å². The van der Waals surface area contributed by atoms with Crippen LogP contribution in [-0.4, -0.2) is 17.6 Å². The van der Waals surface area contributed by atoms with Gasteiger partial charge in [-0.05, 0) is 37.1 Å². The van der Waals surface area contributed by atoms with Gasteiger partial charge in [-0.2, -0.15) is 0 Å². The van der Waals surface area contributed by atoms with E-state index in [0.29, 0.717) is 13.1 Å². The number of nitrogens with one attached hydrogen (secondary N) is 2. The van der Waals surface area contributed by atoms with Crippen molar-refractivity contribution in [1.29, 1.82) is 0 Å². The SMILES string of the molecule is CCNC(=NCc1cccc(C)c1)NCc1cccc(O)c1. The van der Waals surface area contributed by atoms with Gasteiger partial charge in [-0.25, -0.2) is 4.99 Å². The van der Waals surface area contributed by atoms with Crippen molar-refractivity contribution < 1.29 is 5.11 Å². The molecule has 0 fully saturated rings. The molecule has 2 aromatic carbocycles. The van der Waals surface area contributed by atoms with Crippen LogP contribution >= 0.6 is 0 Å². The van der Waals surface area contributed by atoms with Gasteiger partial charge in [-0.15, -0.1) is 0 Å². The number of phenolic OH excluding ortho intramolecular Hbond substituents is 1. The van der Waals surface area contributed by atoms with Crippen molar-refractivity contribution in [2.24, 2.45) is 4.99 Å². The number of phenols is 1. The van der Waals surface area contributed by atoms with Gasteiger partial charge in [0.15, 0.2) is 5.96 Å². The molecule has 4 heteroatoms. The van der Waals surface area contributed by atoms with E-state index in [1.165, 1.54) is 11.1 Å². The number of aliphatic imine (C=N–C) groups is 1.